The van der Waals surface area contributed by atoms with Gasteiger partial charge in [-0.15, -0.1) is 5.10 Å². The largest absolute Gasteiger partial charge is 0.481 e. The van der Waals surface area contributed by atoms with Gasteiger partial charge < -0.3 is 38.1 Å². The van der Waals surface area contributed by atoms with E-state index in [0.29, 0.717) is 6.42 Å². The Balaban J connectivity index is 5.72. The molecule has 0 fully saturated rings. The summed E-state index contributed by atoms with van der Waals surface area (Å²) in [6.45, 7) is 3.97. The molecule has 0 rings (SSSR count). The zero-order valence-electron chi connectivity index (χ0n) is 17.0. The van der Waals surface area contributed by atoms with Crippen molar-refractivity contribution >= 4 is 29.8 Å². The number of carboxylic acid groups (broad SMARTS) is 1. The monoisotopic (exact) mass is 416 g/mol. The summed E-state index contributed by atoms with van der Waals surface area (Å²) in [7, 11) is 1.20. The topological polar surface area (TPSA) is 234 Å². The van der Waals surface area contributed by atoms with Crippen molar-refractivity contribution in [1.29, 1.82) is 0 Å². The van der Waals surface area contributed by atoms with Crippen LogP contribution in [0.4, 0.5) is 0 Å². The molecule has 13 nitrogen and oxygen atoms in total. The normalized spacial score (nSPS) is 13.5. The highest BCUT2D eigenvalue weighted by Gasteiger charge is 2.42. The zero-order valence-corrected chi connectivity index (χ0v) is 17.0. The molecule has 0 aliphatic rings. The van der Waals surface area contributed by atoms with Gasteiger partial charge in [0.25, 0.3) is 0 Å². The van der Waals surface area contributed by atoms with Crippen LogP contribution >= 0.6 is 0 Å². The van der Waals surface area contributed by atoms with Gasteiger partial charge >= 0.3 is 11.9 Å². The van der Waals surface area contributed by atoms with Crippen molar-refractivity contribution in [3.8, 4) is 0 Å². The summed E-state index contributed by atoms with van der Waals surface area (Å²) in [4.78, 5) is 40.4. The molecule has 0 saturated heterocycles. The molecule has 0 radical (unpaired) electrons. The van der Waals surface area contributed by atoms with E-state index in [-0.39, 0.29) is 37.2 Å². The van der Waals surface area contributed by atoms with Gasteiger partial charge in [0.05, 0.1) is 13.5 Å². The molecule has 0 aromatic heterocycles. The second kappa shape index (κ2) is 12.3. The molecule has 0 aromatic rings. The summed E-state index contributed by atoms with van der Waals surface area (Å²) >= 11 is 0. The number of guanidine groups is 2. The molecular formula is C16H32N8O5. The minimum absolute atomic E-state index is 0.000990. The van der Waals surface area contributed by atoms with Crippen LogP contribution in [0.2, 0.25) is 0 Å². The summed E-state index contributed by atoms with van der Waals surface area (Å²) in [6, 6.07) is -1.32. The van der Waals surface area contributed by atoms with Crippen molar-refractivity contribution in [1.82, 2.24) is 10.7 Å². The number of ether oxygens (including phenoxy) is 1. The third kappa shape index (κ3) is 10.0. The number of amides is 1. The second-order valence-corrected chi connectivity index (χ2v) is 6.89. The first kappa shape index (κ1) is 25.8. The van der Waals surface area contributed by atoms with Crippen molar-refractivity contribution in [2.45, 2.75) is 51.1 Å². The van der Waals surface area contributed by atoms with E-state index in [4.69, 9.17) is 32.8 Å². The third-order valence-corrected chi connectivity index (χ3v) is 3.80. The Bertz CT molecular complexity index is 629. The van der Waals surface area contributed by atoms with Gasteiger partial charge in [0.15, 0.2) is 5.96 Å². The van der Waals surface area contributed by atoms with Crippen molar-refractivity contribution in [3.05, 3.63) is 0 Å². The first-order valence-corrected chi connectivity index (χ1v) is 8.95. The van der Waals surface area contributed by atoms with Crippen LogP contribution in [0, 0.1) is 5.92 Å². The van der Waals surface area contributed by atoms with Gasteiger partial charge in [0.2, 0.25) is 11.9 Å². The van der Waals surface area contributed by atoms with Crippen LogP contribution in [0.1, 0.15) is 39.5 Å². The number of rotatable bonds is 13. The first-order chi connectivity index (χ1) is 13.4. The van der Waals surface area contributed by atoms with Gasteiger partial charge in [-0.05, 0) is 25.2 Å². The Morgan fingerprint density at radius 2 is 1.76 bits per heavy atom. The highest BCUT2D eigenvalue weighted by molar-refractivity contribution is 5.92. The number of aliphatic imine (C=N–C) groups is 1. The SMILES string of the molecule is COC(=O)[C@](CCCN=C(N)N)(CC(C)C)NC(=O)[C@H](CC(=O)O)NN=C(N)N. The Morgan fingerprint density at radius 3 is 2.21 bits per heavy atom. The van der Waals surface area contributed by atoms with E-state index < -0.39 is 35.8 Å². The number of nitrogens with one attached hydrogen (secondary N) is 2. The van der Waals surface area contributed by atoms with E-state index in [1.165, 1.54) is 7.11 Å². The van der Waals surface area contributed by atoms with E-state index in [9.17, 15) is 14.4 Å². The maximum Gasteiger partial charge on any atom is 0.331 e. The fraction of sp³-hybridized carbons (Fsp3) is 0.688. The number of methoxy groups -OCH3 is 1. The molecule has 0 heterocycles. The van der Waals surface area contributed by atoms with Gasteiger partial charge in [-0.3, -0.25) is 20.0 Å². The lowest BCUT2D eigenvalue weighted by Gasteiger charge is -2.34. The predicted octanol–water partition coefficient (Wildman–Crippen LogP) is -2.26. The number of carboxylic acids is 1. The Morgan fingerprint density at radius 1 is 1.14 bits per heavy atom. The lowest BCUT2D eigenvalue weighted by molar-refractivity contribution is -0.152. The smallest absolute Gasteiger partial charge is 0.331 e. The standard InChI is InChI=1S/C16H32N8O5/c1-9(2)8-16(13(28)29-3,5-4-6-21-14(17)18)22-12(27)10(7-11(25)26)23-24-15(19)20/h9-10,23H,4-8H2,1-3H3,(H,22,27)(H,25,26)(H4,17,18,21)(H4,19,20,24)/t10-,16-/m0/s1. The molecule has 166 valence electrons. The lowest BCUT2D eigenvalue weighted by atomic mass is 9.84. The summed E-state index contributed by atoms with van der Waals surface area (Å²) in [5, 5.41) is 15.2. The fourth-order valence-electron chi connectivity index (χ4n) is 2.78. The molecule has 0 spiro atoms. The second-order valence-electron chi connectivity index (χ2n) is 6.89. The highest BCUT2D eigenvalue weighted by Crippen LogP contribution is 2.25. The third-order valence-electron chi connectivity index (χ3n) is 3.80. The number of carbonyl (C=O) groups is 3. The van der Waals surface area contributed by atoms with Crippen molar-refractivity contribution in [2.24, 2.45) is 38.9 Å². The molecule has 0 aliphatic heterocycles. The van der Waals surface area contributed by atoms with Crippen LogP contribution in [-0.2, 0) is 19.1 Å². The number of nitrogens with two attached hydrogens (primary N) is 4. The van der Waals surface area contributed by atoms with Gasteiger partial charge in [-0.2, -0.15) is 0 Å². The van der Waals surface area contributed by atoms with Gasteiger partial charge in [-0.1, -0.05) is 13.8 Å². The van der Waals surface area contributed by atoms with Crippen molar-refractivity contribution < 1.29 is 24.2 Å². The number of nitrogens with zero attached hydrogens (tertiary/aromatic N) is 2. The zero-order chi connectivity index (χ0) is 22.6. The Kier molecular flexibility index (Phi) is 10.9. The number of hydrazone groups is 1. The predicted molar refractivity (Wildman–Crippen MR) is 107 cm³/mol. The highest BCUT2D eigenvalue weighted by atomic mass is 16.5. The van der Waals surface area contributed by atoms with E-state index in [2.05, 4.69) is 20.8 Å². The van der Waals surface area contributed by atoms with Crippen LogP contribution in [0.25, 0.3) is 0 Å². The molecule has 1 amide bonds. The summed E-state index contributed by atoms with van der Waals surface area (Å²) in [5.74, 6) is -3.17. The van der Waals surface area contributed by atoms with E-state index in [1.807, 2.05) is 13.8 Å². The minimum Gasteiger partial charge on any atom is -0.481 e. The molecule has 0 saturated carbocycles. The summed E-state index contributed by atoms with van der Waals surface area (Å²) in [6.07, 6.45) is 0.165. The van der Waals surface area contributed by atoms with Crippen LogP contribution in [0.3, 0.4) is 0 Å². The molecule has 2 atom stereocenters. The van der Waals surface area contributed by atoms with Crippen LogP contribution < -0.4 is 33.7 Å². The number of hydrogen-bond acceptors (Lipinski definition) is 7. The van der Waals surface area contributed by atoms with Crippen LogP contribution in [0.5, 0.6) is 0 Å². The van der Waals surface area contributed by atoms with Gasteiger partial charge in [-0.25, -0.2) is 4.79 Å². The Hall–Kier alpha value is -3.25. The maximum atomic E-state index is 12.8. The molecule has 0 bridgehead atoms. The average molecular weight is 416 g/mol. The van der Waals surface area contributed by atoms with E-state index >= 15 is 0 Å². The molecule has 0 aliphatic carbocycles. The maximum absolute atomic E-state index is 12.8. The quantitative estimate of drug-likeness (QED) is 0.0559. The van der Waals surface area contributed by atoms with E-state index in [0.717, 1.165) is 0 Å². The molecule has 13 heteroatoms. The number of aliphatic carboxylic acids is 1. The fourth-order valence-corrected chi connectivity index (χ4v) is 2.78. The molecule has 0 unspecified atom stereocenters. The molecular weight excluding hydrogens is 384 g/mol. The van der Waals surface area contributed by atoms with E-state index in [1.54, 1.807) is 0 Å². The number of carbonyl (C=O) groups excluding carboxylic acids is 2. The summed E-state index contributed by atoms with van der Waals surface area (Å²) in [5.41, 5.74) is 21.9. The van der Waals surface area contributed by atoms with Crippen molar-refractivity contribution in [3.63, 3.8) is 0 Å². The van der Waals surface area contributed by atoms with Crippen molar-refractivity contribution in [2.75, 3.05) is 13.7 Å². The molecule has 11 N–H and O–H groups in total. The van der Waals surface area contributed by atoms with Gasteiger partial charge in [0.1, 0.15) is 11.6 Å². The molecule has 0 aromatic carbocycles. The summed E-state index contributed by atoms with van der Waals surface area (Å²) < 4.78 is 4.91. The van der Waals surface area contributed by atoms with Crippen LogP contribution in [0.15, 0.2) is 10.1 Å². The lowest BCUT2D eigenvalue weighted by Crippen LogP contribution is -2.60. The number of hydrogen-bond donors (Lipinski definition) is 7. The number of esters is 1. The first-order valence-electron chi connectivity index (χ1n) is 8.95. The average Bonchev–Trinajstić information content (AvgIpc) is 2.60. The van der Waals surface area contributed by atoms with Crippen LogP contribution in [-0.4, -0.2) is 60.1 Å². The Labute approximate surface area is 169 Å². The van der Waals surface area contributed by atoms with Gasteiger partial charge in [0, 0.05) is 6.54 Å². The minimum atomic E-state index is -1.41. The molecule has 29 heavy (non-hydrogen) atoms.